The Kier molecular flexibility index (Phi) is 7.47. The van der Waals surface area contributed by atoms with Crippen molar-refractivity contribution in [3.8, 4) is 0 Å². The van der Waals surface area contributed by atoms with Crippen LogP contribution in [0.1, 0.15) is 47.4 Å². The molecule has 2 heteroatoms. The number of likely N-dealkylation sites (tertiary alicyclic amines) is 1. The van der Waals surface area contributed by atoms with Gasteiger partial charge < -0.3 is 4.90 Å². The van der Waals surface area contributed by atoms with Gasteiger partial charge in [0.2, 0.25) is 0 Å². The Labute approximate surface area is 171 Å². The summed E-state index contributed by atoms with van der Waals surface area (Å²) in [4.78, 5) is 5.07. The Bertz CT molecular complexity index is 724. The monoisotopic (exact) mass is 376 g/mol. The van der Waals surface area contributed by atoms with Crippen molar-refractivity contribution in [1.82, 2.24) is 9.80 Å². The van der Waals surface area contributed by atoms with Crippen LogP contribution in [0.5, 0.6) is 0 Å². The average molecular weight is 377 g/mol. The number of nitrogens with zero attached hydrogens (tertiary/aromatic N) is 2. The minimum absolute atomic E-state index is 0.486. The molecule has 0 spiro atoms. The third-order valence-electron chi connectivity index (χ3n) is 6.20. The quantitative estimate of drug-likeness (QED) is 0.557. The third kappa shape index (κ3) is 5.80. The highest BCUT2D eigenvalue weighted by Crippen LogP contribution is 2.29. The third-order valence-corrected chi connectivity index (χ3v) is 6.20. The molecule has 0 amide bonds. The molecule has 0 radical (unpaired) electrons. The summed E-state index contributed by atoms with van der Waals surface area (Å²) in [5, 5.41) is 0. The van der Waals surface area contributed by atoms with Crippen LogP contribution in [0.25, 0.3) is 0 Å². The standard InChI is InChI=1S/C26H36N2/c1-5-26(16-17-27(4)20-23-10-6-21(2)7-11-23)28-18-14-25(15-19-28)24-12-8-22(3)9-13-24/h5-13,25-26H,1,14-20H2,2-4H3. The number of benzene rings is 2. The van der Waals surface area contributed by atoms with E-state index in [0.29, 0.717) is 12.0 Å². The molecule has 1 atom stereocenters. The molecule has 0 aliphatic carbocycles. The lowest BCUT2D eigenvalue weighted by atomic mass is 9.88. The van der Waals surface area contributed by atoms with Gasteiger partial charge in [0.1, 0.15) is 0 Å². The van der Waals surface area contributed by atoms with Crippen LogP contribution in [0.3, 0.4) is 0 Å². The molecular weight excluding hydrogens is 340 g/mol. The molecule has 3 rings (SSSR count). The molecule has 1 aliphatic rings. The molecule has 1 heterocycles. The van der Waals surface area contributed by atoms with Gasteiger partial charge in [0.05, 0.1) is 0 Å². The minimum atomic E-state index is 0.486. The van der Waals surface area contributed by atoms with E-state index in [-0.39, 0.29) is 0 Å². The van der Waals surface area contributed by atoms with Gasteiger partial charge in [-0.1, -0.05) is 65.7 Å². The zero-order chi connectivity index (χ0) is 19.9. The Morgan fingerprint density at radius 1 is 1.00 bits per heavy atom. The fraction of sp³-hybridized carbons (Fsp3) is 0.462. The number of piperidine rings is 1. The summed E-state index contributed by atoms with van der Waals surface area (Å²) in [5.41, 5.74) is 5.58. The van der Waals surface area contributed by atoms with Crippen molar-refractivity contribution in [2.75, 3.05) is 26.7 Å². The van der Waals surface area contributed by atoms with Crippen LogP contribution in [0, 0.1) is 13.8 Å². The second-order valence-corrected chi connectivity index (χ2v) is 8.54. The first-order valence-corrected chi connectivity index (χ1v) is 10.7. The zero-order valence-electron chi connectivity index (χ0n) is 17.9. The van der Waals surface area contributed by atoms with E-state index in [4.69, 9.17) is 0 Å². The van der Waals surface area contributed by atoms with E-state index < -0.39 is 0 Å². The van der Waals surface area contributed by atoms with E-state index in [9.17, 15) is 0 Å². The Morgan fingerprint density at radius 3 is 2.14 bits per heavy atom. The zero-order valence-corrected chi connectivity index (χ0v) is 17.9. The fourth-order valence-electron chi connectivity index (χ4n) is 4.29. The van der Waals surface area contributed by atoms with E-state index in [1.807, 2.05) is 0 Å². The first-order valence-electron chi connectivity index (χ1n) is 10.7. The molecule has 1 aliphatic heterocycles. The summed E-state index contributed by atoms with van der Waals surface area (Å²) < 4.78 is 0. The summed E-state index contributed by atoms with van der Waals surface area (Å²) in [7, 11) is 2.23. The Morgan fingerprint density at radius 2 is 1.57 bits per heavy atom. The Balaban J connectivity index is 1.45. The van der Waals surface area contributed by atoms with Crippen molar-refractivity contribution in [2.24, 2.45) is 0 Å². The second-order valence-electron chi connectivity index (χ2n) is 8.54. The number of hydrogen-bond acceptors (Lipinski definition) is 2. The van der Waals surface area contributed by atoms with E-state index in [1.165, 1.54) is 48.2 Å². The summed E-state index contributed by atoms with van der Waals surface area (Å²) >= 11 is 0. The maximum Gasteiger partial charge on any atom is 0.0287 e. The lowest BCUT2D eigenvalue weighted by Gasteiger charge is -2.37. The summed E-state index contributed by atoms with van der Waals surface area (Å²) in [6, 6.07) is 18.5. The van der Waals surface area contributed by atoms with Crippen molar-refractivity contribution in [3.05, 3.63) is 83.4 Å². The van der Waals surface area contributed by atoms with Crippen molar-refractivity contribution in [3.63, 3.8) is 0 Å². The van der Waals surface area contributed by atoms with Crippen molar-refractivity contribution >= 4 is 0 Å². The highest BCUT2D eigenvalue weighted by atomic mass is 15.2. The molecule has 1 fully saturated rings. The Hall–Kier alpha value is -1.90. The lowest BCUT2D eigenvalue weighted by molar-refractivity contribution is 0.159. The molecule has 28 heavy (non-hydrogen) atoms. The smallest absolute Gasteiger partial charge is 0.0287 e. The first-order chi connectivity index (χ1) is 13.5. The molecule has 150 valence electrons. The van der Waals surface area contributed by atoms with Crippen LogP contribution in [0.4, 0.5) is 0 Å². The molecule has 2 aromatic carbocycles. The van der Waals surface area contributed by atoms with Crippen LogP contribution in [0.15, 0.2) is 61.2 Å². The van der Waals surface area contributed by atoms with Gasteiger partial charge in [-0.3, -0.25) is 4.90 Å². The SMILES string of the molecule is C=CC(CCN(C)Cc1ccc(C)cc1)N1CCC(c2ccc(C)cc2)CC1. The van der Waals surface area contributed by atoms with E-state index in [2.05, 4.69) is 91.9 Å². The summed E-state index contributed by atoms with van der Waals surface area (Å²) in [5.74, 6) is 0.714. The molecule has 1 unspecified atom stereocenters. The predicted molar refractivity (Wildman–Crippen MR) is 121 cm³/mol. The lowest BCUT2D eigenvalue weighted by Crippen LogP contribution is -2.41. The van der Waals surface area contributed by atoms with Crippen LogP contribution < -0.4 is 0 Å². The number of rotatable bonds is 8. The molecule has 1 saturated heterocycles. The fourth-order valence-corrected chi connectivity index (χ4v) is 4.29. The summed E-state index contributed by atoms with van der Waals surface area (Å²) in [6.45, 7) is 12.9. The molecule has 0 saturated carbocycles. The van der Waals surface area contributed by atoms with E-state index in [0.717, 1.165) is 19.5 Å². The van der Waals surface area contributed by atoms with Crippen LogP contribution in [-0.2, 0) is 6.54 Å². The number of hydrogen-bond donors (Lipinski definition) is 0. The molecule has 2 aromatic rings. The van der Waals surface area contributed by atoms with Gasteiger partial charge in [0, 0.05) is 12.6 Å². The molecule has 0 aromatic heterocycles. The molecule has 0 bridgehead atoms. The minimum Gasteiger partial charge on any atom is -0.302 e. The largest absolute Gasteiger partial charge is 0.302 e. The molecular formula is C26H36N2. The topological polar surface area (TPSA) is 6.48 Å². The maximum atomic E-state index is 4.13. The summed E-state index contributed by atoms with van der Waals surface area (Å²) in [6.07, 6.45) is 5.83. The highest BCUT2D eigenvalue weighted by Gasteiger charge is 2.24. The van der Waals surface area contributed by atoms with Crippen LogP contribution in [-0.4, -0.2) is 42.5 Å². The van der Waals surface area contributed by atoms with Crippen molar-refractivity contribution in [2.45, 2.75) is 51.6 Å². The maximum absolute atomic E-state index is 4.13. The van der Waals surface area contributed by atoms with Crippen LogP contribution in [0.2, 0.25) is 0 Å². The van der Waals surface area contributed by atoms with Gasteiger partial charge in [0.15, 0.2) is 0 Å². The molecule has 2 nitrogen and oxygen atoms in total. The van der Waals surface area contributed by atoms with Gasteiger partial charge in [-0.2, -0.15) is 0 Å². The van der Waals surface area contributed by atoms with Crippen molar-refractivity contribution in [1.29, 1.82) is 0 Å². The number of aryl methyl sites for hydroxylation is 2. The van der Waals surface area contributed by atoms with E-state index >= 15 is 0 Å². The van der Waals surface area contributed by atoms with Crippen molar-refractivity contribution < 1.29 is 0 Å². The molecule has 0 N–H and O–H groups in total. The normalized spacial score (nSPS) is 17.0. The second kappa shape index (κ2) is 10.0. The van der Waals surface area contributed by atoms with Crippen LogP contribution >= 0.6 is 0 Å². The van der Waals surface area contributed by atoms with Gasteiger partial charge in [-0.25, -0.2) is 0 Å². The van der Waals surface area contributed by atoms with E-state index in [1.54, 1.807) is 0 Å². The predicted octanol–water partition coefficient (Wildman–Crippen LogP) is 5.56. The average Bonchev–Trinajstić information content (AvgIpc) is 2.71. The van der Waals surface area contributed by atoms with Gasteiger partial charge in [-0.05, 0) is 76.8 Å². The van der Waals surface area contributed by atoms with Gasteiger partial charge in [-0.15, -0.1) is 6.58 Å². The first kappa shape index (κ1) is 20.8. The van der Waals surface area contributed by atoms with Gasteiger partial charge >= 0.3 is 0 Å². The highest BCUT2D eigenvalue weighted by molar-refractivity contribution is 5.25. The van der Waals surface area contributed by atoms with Gasteiger partial charge in [0.25, 0.3) is 0 Å².